The molecule has 1 amide bonds. The molecule has 25 heavy (non-hydrogen) atoms. The van der Waals surface area contributed by atoms with E-state index in [0.29, 0.717) is 24.0 Å². The van der Waals surface area contributed by atoms with E-state index >= 15 is 0 Å². The van der Waals surface area contributed by atoms with E-state index in [1.807, 2.05) is 48.5 Å². The van der Waals surface area contributed by atoms with Gasteiger partial charge in [0, 0.05) is 10.6 Å². The number of anilines is 1. The molecule has 7 heteroatoms. The Kier molecular flexibility index (Phi) is 4.11. The normalized spacial score (nSPS) is 16.2. The zero-order valence-corrected chi connectivity index (χ0v) is 14.0. The maximum atomic E-state index is 11.8. The molecular weight excluding hydrogens is 340 g/mol. The van der Waals surface area contributed by atoms with Crippen molar-refractivity contribution in [2.75, 3.05) is 5.32 Å². The summed E-state index contributed by atoms with van der Waals surface area (Å²) in [5.74, 6) is 1.15. The number of hydrogen-bond donors (Lipinski definition) is 1. The maximum Gasteiger partial charge on any atom is 0.229 e. The summed E-state index contributed by atoms with van der Waals surface area (Å²) < 4.78 is 7.52. The Morgan fingerprint density at radius 3 is 2.80 bits per heavy atom. The average molecular weight is 355 g/mol. The molecule has 126 valence electrons. The molecule has 2 heterocycles. The summed E-state index contributed by atoms with van der Waals surface area (Å²) in [6.45, 7) is 0.401. The molecule has 2 aromatic carbocycles. The first-order chi connectivity index (χ1) is 12.2. The monoisotopic (exact) mass is 354 g/mol. The molecule has 1 N–H and O–H groups in total. The molecule has 1 aromatic heterocycles. The first-order valence-corrected chi connectivity index (χ1v) is 8.24. The van der Waals surface area contributed by atoms with Gasteiger partial charge in [-0.1, -0.05) is 41.9 Å². The summed E-state index contributed by atoms with van der Waals surface area (Å²) in [4.78, 5) is 15.9. The number of halogens is 1. The summed E-state index contributed by atoms with van der Waals surface area (Å²) in [6, 6.07) is 15.1. The van der Waals surface area contributed by atoms with E-state index in [-0.39, 0.29) is 11.9 Å². The fourth-order valence-electron chi connectivity index (χ4n) is 2.83. The molecule has 0 saturated carbocycles. The summed E-state index contributed by atoms with van der Waals surface area (Å²) in [5.41, 5.74) is 1.91. The molecule has 1 aliphatic heterocycles. The second kappa shape index (κ2) is 6.57. The molecule has 0 unspecified atom stereocenters. The summed E-state index contributed by atoms with van der Waals surface area (Å²) >= 11 is 6.13. The van der Waals surface area contributed by atoms with Crippen molar-refractivity contribution in [1.82, 2.24) is 14.8 Å². The molecule has 0 spiro atoms. The molecule has 3 aromatic rings. The van der Waals surface area contributed by atoms with Gasteiger partial charge in [-0.25, -0.2) is 4.68 Å². The molecule has 0 fully saturated rings. The van der Waals surface area contributed by atoms with E-state index in [1.165, 1.54) is 6.33 Å². The van der Waals surface area contributed by atoms with Crippen LogP contribution in [0.3, 0.4) is 0 Å². The fourth-order valence-corrected chi connectivity index (χ4v) is 3.02. The minimum Gasteiger partial charge on any atom is -0.489 e. The van der Waals surface area contributed by atoms with Crippen LogP contribution in [-0.2, 0) is 11.4 Å². The van der Waals surface area contributed by atoms with E-state index < -0.39 is 0 Å². The van der Waals surface area contributed by atoms with Crippen LogP contribution in [0.2, 0.25) is 5.02 Å². The number of carbonyl (C=O) groups is 1. The predicted molar refractivity (Wildman–Crippen MR) is 93.6 cm³/mol. The first-order valence-electron chi connectivity index (χ1n) is 7.86. The van der Waals surface area contributed by atoms with Crippen molar-refractivity contribution in [3.8, 4) is 5.75 Å². The second-order valence-corrected chi connectivity index (χ2v) is 6.15. The fraction of sp³-hybridized carbons (Fsp3) is 0.167. The number of nitrogens with zero attached hydrogens (tertiary/aromatic N) is 3. The zero-order valence-electron chi connectivity index (χ0n) is 13.2. The van der Waals surface area contributed by atoms with Crippen molar-refractivity contribution in [3.63, 3.8) is 0 Å². The summed E-state index contributed by atoms with van der Waals surface area (Å²) in [5, 5.41) is 7.60. The van der Waals surface area contributed by atoms with Crippen LogP contribution in [0.5, 0.6) is 5.75 Å². The van der Waals surface area contributed by atoms with Crippen molar-refractivity contribution in [2.45, 2.75) is 19.1 Å². The zero-order chi connectivity index (χ0) is 17.2. The van der Waals surface area contributed by atoms with Gasteiger partial charge in [0.1, 0.15) is 18.7 Å². The van der Waals surface area contributed by atoms with E-state index in [9.17, 15) is 4.79 Å². The molecule has 0 radical (unpaired) electrons. The van der Waals surface area contributed by atoms with Crippen LogP contribution in [0.15, 0.2) is 54.9 Å². The van der Waals surface area contributed by atoms with Gasteiger partial charge in [-0.15, -0.1) is 0 Å². The highest BCUT2D eigenvalue weighted by molar-refractivity contribution is 6.31. The van der Waals surface area contributed by atoms with Crippen molar-refractivity contribution < 1.29 is 9.53 Å². The summed E-state index contributed by atoms with van der Waals surface area (Å²) in [6.07, 6.45) is 1.77. The molecular formula is C18H15ClN4O2. The van der Waals surface area contributed by atoms with Gasteiger partial charge in [-0.05, 0) is 23.8 Å². The topological polar surface area (TPSA) is 69.0 Å². The molecule has 0 saturated heterocycles. The minimum atomic E-state index is -0.163. The first kappa shape index (κ1) is 15.7. The third-order valence-corrected chi connectivity index (χ3v) is 4.48. The number of carbonyl (C=O) groups excluding carboxylic acids is 1. The van der Waals surface area contributed by atoms with Crippen molar-refractivity contribution in [1.29, 1.82) is 0 Å². The lowest BCUT2D eigenvalue weighted by atomic mass is 10.0. The smallest absolute Gasteiger partial charge is 0.229 e. The van der Waals surface area contributed by atoms with Crippen LogP contribution < -0.4 is 10.1 Å². The molecule has 0 aliphatic carbocycles. The van der Waals surface area contributed by atoms with Gasteiger partial charge in [0.15, 0.2) is 0 Å². The van der Waals surface area contributed by atoms with Crippen molar-refractivity contribution >= 4 is 23.5 Å². The van der Waals surface area contributed by atoms with Crippen LogP contribution in [0.4, 0.5) is 5.95 Å². The maximum absolute atomic E-state index is 11.8. The van der Waals surface area contributed by atoms with E-state index in [2.05, 4.69) is 15.4 Å². The summed E-state index contributed by atoms with van der Waals surface area (Å²) in [7, 11) is 0. The van der Waals surface area contributed by atoms with Crippen LogP contribution in [-0.4, -0.2) is 20.7 Å². The Morgan fingerprint density at radius 1 is 1.20 bits per heavy atom. The minimum absolute atomic E-state index is 0.0652. The van der Waals surface area contributed by atoms with Gasteiger partial charge in [0.05, 0.1) is 12.5 Å². The van der Waals surface area contributed by atoms with Gasteiger partial charge < -0.3 is 4.74 Å². The lowest BCUT2D eigenvalue weighted by Gasteiger charge is -2.23. The Labute approximate surface area is 149 Å². The van der Waals surface area contributed by atoms with Gasteiger partial charge in [-0.3, -0.25) is 10.1 Å². The number of amides is 1. The number of aromatic nitrogens is 3. The van der Waals surface area contributed by atoms with Crippen LogP contribution in [0.1, 0.15) is 23.6 Å². The van der Waals surface area contributed by atoms with Crippen molar-refractivity contribution in [2.24, 2.45) is 0 Å². The molecule has 1 atom stereocenters. The number of rotatable bonds is 4. The number of fused-ring (bicyclic) bond motifs is 1. The van der Waals surface area contributed by atoms with Crippen molar-refractivity contribution in [3.05, 3.63) is 71.0 Å². The van der Waals surface area contributed by atoms with Gasteiger partial charge in [-0.2, -0.15) is 10.1 Å². The van der Waals surface area contributed by atoms with Crippen LogP contribution >= 0.6 is 11.6 Å². The Bertz CT molecular complexity index is 907. The SMILES string of the molecule is O=C1C[C@@H](c2ccc(OCc3ccccc3Cl)cc2)n2ncnc2N1. The van der Waals surface area contributed by atoms with E-state index in [0.717, 1.165) is 16.9 Å². The molecule has 4 rings (SSSR count). The van der Waals surface area contributed by atoms with Crippen LogP contribution in [0.25, 0.3) is 0 Å². The van der Waals surface area contributed by atoms with E-state index in [1.54, 1.807) is 4.68 Å². The Balaban J connectivity index is 1.50. The highest BCUT2D eigenvalue weighted by atomic mass is 35.5. The van der Waals surface area contributed by atoms with Gasteiger partial charge in [0.25, 0.3) is 0 Å². The third-order valence-electron chi connectivity index (χ3n) is 4.12. The largest absolute Gasteiger partial charge is 0.489 e. The average Bonchev–Trinajstić information content (AvgIpc) is 3.09. The Hall–Kier alpha value is -2.86. The Morgan fingerprint density at radius 2 is 2.00 bits per heavy atom. The standard InChI is InChI=1S/C18H15ClN4O2/c19-15-4-2-1-3-13(15)10-25-14-7-5-12(6-8-14)16-9-17(24)22-18-20-11-21-23(16)18/h1-8,11,16H,9-10H2,(H,20,21,22,24)/t16-/m0/s1. The van der Waals surface area contributed by atoms with Gasteiger partial charge in [0.2, 0.25) is 11.9 Å². The van der Waals surface area contributed by atoms with E-state index in [4.69, 9.17) is 16.3 Å². The highest BCUT2D eigenvalue weighted by Gasteiger charge is 2.27. The highest BCUT2D eigenvalue weighted by Crippen LogP contribution is 2.29. The second-order valence-electron chi connectivity index (χ2n) is 5.75. The quantitative estimate of drug-likeness (QED) is 0.779. The van der Waals surface area contributed by atoms with Crippen LogP contribution in [0, 0.1) is 0 Å². The number of nitrogens with one attached hydrogen (secondary N) is 1. The lowest BCUT2D eigenvalue weighted by Crippen LogP contribution is -2.29. The lowest BCUT2D eigenvalue weighted by molar-refractivity contribution is -0.117. The third kappa shape index (κ3) is 3.21. The molecule has 6 nitrogen and oxygen atoms in total. The number of ether oxygens (including phenoxy) is 1. The molecule has 0 bridgehead atoms. The molecule has 1 aliphatic rings. The van der Waals surface area contributed by atoms with Gasteiger partial charge >= 0.3 is 0 Å². The number of hydrogen-bond acceptors (Lipinski definition) is 4. The number of benzene rings is 2. The predicted octanol–water partition coefficient (Wildman–Crippen LogP) is 3.44.